The number of nitrogen functional groups attached to an aromatic ring is 1. The molecule has 0 unspecified atom stereocenters. The first kappa shape index (κ1) is 28.5. The maximum Gasteiger partial charge on any atom is 0.320 e. The number of carboxylic acids is 1. The Morgan fingerprint density at radius 2 is 2.14 bits per heavy atom. The van der Waals surface area contributed by atoms with Crippen LogP contribution in [0.15, 0.2) is 18.2 Å². The number of benzene rings is 1. The third kappa shape index (κ3) is 7.93. The summed E-state index contributed by atoms with van der Waals surface area (Å²) < 4.78 is 11.6. The molecule has 0 bridgehead atoms. The molecule has 0 saturated carbocycles. The van der Waals surface area contributed by atoms with E-state index in [1.165, 1.54) is 0 Å². The van der Waals surface area contributed by atoms with Crippen LogP contribution in [0.4, 0.5) is 11.8 Å². The highest BCUT2D eigenvalue weighted by atomic mass is 16.5. The van der Waals surface area contributed by atoms with E-state index in [9.17, 15) is 15.0 Å². The van der Waals surface area contributed by atoms with Crippen LogP contribution in [0.2, 0.25) is 0 Å². The summed E-state index contributed by atoms with van der Waals surface area (Å²) in [7, 11) is 1.63. The van der Waals surface area contributed by atoms with Crippen molar-refractivity contribution < 1.29 is 24.5 Å². The van der Waals surface area contributed by atoms with Gasteiger partial charge in [-0.3, -0.25) is 9.69 Å². The molecule has 3 rings (SSSR count). The summed E-state index contributed by atoms with van der Waals surface area (Å²) in [5.74, 6) is 1.55. The Labute approximate surface area is 219 Å². The summed E-state index contributed by atoms with van der Waals surface area (Å²) in [6, 6.07) is 5.48. The number of hydrogen-bond acceptors (Lipinski definition) is 9. The minimum Gasteiger partial charge on any atom is -0.496 e. The van der Waals surface area contributed by atoms with E-state index >= 15 is 0 Å². The number of carbonyl (C=O) groups is 1. The molecule has 10 nitrogen and oxygen atoms in total. The van der Waals surface area contributed by atoms with E-state index in [2.05, 4.69) is 22.2 Å². The summed E-state index contributed by atoms with van der Waals surface area (Å²) in [6.45, 7) is 6.14. The molecule has 2 atom stereocenters. The van der Waals surface area contributed by atoms with E-state index in [4.69, 9.17) is 15.2 Å². The Balaban J connectivity index is 1.67. The van der Waals surface area contributed by atoms with Gasteiger partial charge in [0.05, 0.1) is 13.7 Å². The number of aryl methyl sites for hydroxylation is 1. The summed E-state index contributed by atoms with van der Waals surface area (Å²) in [6.07, 6.45) is 5.45. The molecular formula is C27H41N5O5. The Bertz CT molecular complexity index is 1030. The van der Waals surface area contributed by atoms with E-state index in [1.54, 1.807) is 7.11 Å². The van der Waals surface area contributed by atoms with E-state index < -0.39 is 5.97 Å². The maximum absolute atomic E-state index is 11.4. The number of aliphatic carboxylic acids is 1. The minimum atomic E-state index is -0.742. The topological polar surface area (TPSA) is 143 Å². The van der Waals surface area contributed by atoms with Crippen LogP contribution in [-0.2, 0) is 11.2 Å². The van der Waals surface area contributed by atoms with Gasteiger partial charge in [0.1, 0.15) is 23.4 Å². The van der Waals surface area contributed by atoms with Crippen molar-refractivity contribution in [2.75, 3.05) is 44.5 Å². The first-order chi connectivity index (χ1) is 17.9. The lowest BCUT2D eigenvalue weighted by Crippen LogP contribution is -2.36. The van der Waals surface area contributed by atoms with Gasteiger partial charge in [-0.15, -0.1) is 0 Å². The van der Waals surface area contributed by atoms with Gasteiger partial charge in [-0.05, 0) is 57.2 Å². The molecule has 0 radical (unpaired) electrons. The number of nitrogens with zero attached hydrogens (tertiary/aromatic N) is 3. The molecule has 37 heavy (non-hydrogen) atoms. The predicted molar refractivity (Wildman–Crippen MR) is 143 cm³/mol. The molecule has 10 heteroatoms. The molecule has 0 spiro atoms. The van der Waals surface area contributed by atoms with Crippen molar-refractivity contribution in [1.82, 2.24) is 14.9 Å². The van der Waals surface area contributed by atoms with Crippen molar-refractivity contribution in [1.29, 1.82) is 0 Å². The number of likely N-dealkylation sites (tertiary alicyclic amines) is 1. The number of aliphatic hydroxyl groups excluding tert-OH is 1. The van der Waals surface area contributed by atoms with Crippen molar-refractivity contribution in [3.63, 3.8) is 0 Å². The fourth-order valence-corrected chi connectivity index (χ4v) is 4.92. The molecule has 0 amide bonds. The summed E-state index contributed by atoms with van der Waals surface area (Å²) in [5, 5.41) is 22.3. The highest BCUT2D eigenvalue weighted by Gasteiger charge is 2.29. The lowest BCUT2D eigenvalue weighted by Gasteiger charge is -2.22. The van der Waals surface area contributed by atoms with Gasteiger partial charge in [0, 0.05) is 42.9 Å². The molecule has 2 aromatic rings. The van der Waals surface area contributed by atoms with Gasteiger partial charge in [0.25, 0.3) is 0 Å². The molecule has 0 aliphatic carbocycles. The number of nitrogens with two attached hydrogens (primary N) is 1. The number of hydrogen-bond donors (Lipinski definition) is 4. The number of methoxy groups -OCH3 is 1. The van der Waals surface area contributed by atoms with Crippen LogP contribution in [0, 0.1) is 6.92 Å². The third-order valence-corrected chi connectivity index (χ3v) is 6.82. The van der Waals surface area contributed by atoms with Crippen LogP contribution in [-0.4, -0.2) is 76.5 Å². The van der Waals surface area contributed by atoms with Crippen LogP contribution in [0.3, 0.4) is 0 Å². The Morgan fingerprint density at radius 1 is 1.32 bits per heavy atom. The lowest BCUT2D eigenvalue weighted by molar-refractivity contribution is -0.142. The zero-order valence-electron chi connectivity index (χ0n) is 22.2. The highest BCUT2D eigenvalue weighted by molar-refractivity contribution is 5.73. The van der Waals surface area contributed by atoms with Crippen molar-refractivity contribution in [3.05, 3.63) is 35.0 Å². The molecule has 1 aromatic carbocycles. The number of rotatable bonds is 15. The molecule has 2 heterocycles. The number of anilines is 2. The zero-order chi connectivity index (χ0) is 26.8. The number of ether oxygens (including phenoxy) is 2. The Morgan fingerprint density at radius 3 is 2.84 bits per heavy atom. The quantitative estimate of drug-likeness (QED) is 0.261. The van der Waals surface area contributed by atoms with Crippen LogP contribution < -0.4 is 20.5 Å². The molecule has 1 saturated heterocycles. The normalized spacial score (nSPS) is 16.5. The molecule has 5 N–H and O–H groups in total. The number of nitrogens with one attached hydrogen (secondary N) is 1. The maximum atomic E-state index is 11.4. The predicted octanol–water partition coefficient (Wildman–Crippen LogP) is 3.25. The lowest BCUT2D eigenvalue weighted by atomic mass is 10.0. The van der Waals surface area contributed by atoms with Crippen LogP contribution in [0.1, 0.15) is 62.3 Å². The SMILES string of the molecule is CCC[C@@H](CCO)Nc1nc(N)nc(C)c1Cc1ccc(OCCCN2CCC[C@H]2C(=O)O)cc1OC. The zero-order valence-corrected chi connectivity index (χ0v) is 22.2. The molecule has 1 fully saturated rings. The number of aromatic nitrogens is 2. The summed E-state index contributed by atoms with van der Waals surface area (Å²) >= 11 is 0. The van der Waals surface area contributed by atoms with E-state index in [0.29, 0.717) is 49.7 Å². The standard InChI is InChI=1S/C27H41N5O5/c1-4-7-20(11-14-33)30-25-22(18(2)29-27(28)31-25)16-19-9-10-21(17-24(19)36-3)37-15-6-13-32-12-5-8-23(32)26(34)35/h9-10,17,20,23,33H,4-8,11-16H2,1-3H3,(H,34,35)(H3,28,29,30,31)/t20-,23-/m0/s1. The average molecular weight is 516 g/mol. The Kier molecular flexibility index (Phi) is 10.8. The van der Waals surface area contributed by atoms with Crippen molar-refractivity contribution in [2.24, 2.45) is 0 Å². The second-order valence-corrected chi connectivity index (χ2v) is 9.52. The number of carboxylic acid groups (broad SMARTS) is 1. The van der Waals surface area contributed by atoms with Crippen molar-refractivity contribution in [3.8, 4) is 11.5 Å². The largest absolute Gasteiger partial charge is 0.496 e. The van der Waals surface area contributed by atoms with Gasteiger partial charge < -0.3 is 30.7 Å². The third-order valence-electron chi connectivity index (χ3n) is 6.82. The van der Waals surface area contributed by atoms with Gasteiger partial charge in [-0.2, -0.15) is 4.98 Å². The van der Waals surface area contributed by atoms with Gasteiger partial charge >= 0.3 is 5.97 Å². The second-order valence-electron chi connectivity index (χ2n) is 9.52. The van der Waals surface area contributed by atoms with Gasteiger partial charge in [-0.25, -0.2) is 4.98 Å². The number of aliphatic hydroxyl groups is 1. The van der Waals surface area contributed by atoms with Gasteiger partial charge in [0.15, 0.2) is 0 Å². The first-order valence-electron chi connectivity index (χ1n) is 13.1. The van der Waals surface area contributed by atoms with E-state index in [1.807, 2.05) is 30.0 Å². The molecule has 204 valence electrons. The second kappa shape index (κ2) is 14.0. The van der Waals surface area contributed by atoms with E-state index in [-0.39, 0.29) is 24.6 Å². The molecule has 1 aliphatic rings. The smallest absolute Gasteiger partial charge is 0.320 e. The van der Waals surface area contributed by atoms with Crippen molar-refractivity contribution >= 4 is 17.7 Å². The molecular weight excluding hydrogens is 474 g/mol. The van der Waals surface area contributed by atoms with Gasteiger partial charge in [-0.1, -0.05) is 19.4 Å². The van der Waals surface area contributed by atoms with Crippen LogP contribution in [0.25, 0.3) is 0 Å². The summed E-state index contributed by atoms with van der Waals surface area (Å²) in [4.78, 5) is 22.2. The fourth-order valence-electron chi connectivity index (χ4n) is 4.92. The molecule has 1 aliphatic heterocycles. The van der Waals surface area contributed by atoms with E-state index in [0.717, 1.165) is 49.0 Å². The average Bonchev–Trinajstić information content (AvgIpc) is 3.34. The first-order valence-corrected chi connectivity index (χ1v) is 13.1. The van der Waals surface area contributed by atoms with Crippen molar-refractivity contribution in [2.45, 2.75) is 70.9 Å². The highest BCUT2D eigenvalue weighted by Crippen LogP contribution is 2.30. The van der Waals surface area contributed by atoms with Crippen LogP contribution in [0.5, 0.6) is 11.5 Å². The summed E-state index contributed by atoms with van der Waals surface area (Å²) in [5.41, 5.74) is 8.64. The Hall–Kier alpha value is -3.11. The van der Waals surface area contributed by atoms with Crippen LogP contribution >= 0.6 is 0 Å². The van der Waals surface area contributed by atoms with Gasteiger partial charge in [0.2, 0.25) is 5.95 Å². The fraction of sp³-hybridized carbons (Fsp3) is 0.593. The minimum absolute atomic E-state index is 0.0893. The molecule has 1 aromatic heterocycles. The monoisotopic (exact) mass is 515 g/mol.